The van der Waals surface area contributed by atoms with E-state index in [1.165, 1.54) is 9.80 Å². The highest BCUT2D eigenvalue weighted by Gasteiger charge is 2.52. The maximum Gasteiger partial charge on any atom is 0.251 e. The molecule has 0 aliphatic carbocycles. The van der Waals surface area contributed by atoms with Gasteiger partial charge in [-0.2, -0.15) is 0 Å². The number of Topliss-reactive ketones (excluding diaryl/α,β-unsaturated/α-hetero) is 1. The molecule has 0 saturated carbocycles. The van der Waals surface area contributed by atoms with Gasteiger partial charge in [0.05, 0.1) is 12.6 Å². The Labute approximate surface area is 217 Å². The summed E-state index contributed by atoms with van der Waals surface area (Å²) in [4.78, 5) is 56.1. The second-order valence-electron chi connectivity index (χ2n) is 10.2. The molecular formula is C28H35N5O4. The van der Waals surface area contributed by atoms with Gasteiger partial charge >= 0.3 is 0 Å². The van der Waals surface area contributed by atoms with E-state index in [0.29, 0.717) is 37.1 Å². The van der Waals surface area contributed by atoms with Crippen LogP contribution >= 0.6 is 0 Å². The first kappa shape index (κ1) is 26.5. The molecule has 9 nitrogen and oxygen atoms in total. The van der Waals surface area contributed by atoms with Gasteiger partial charge in [-0.3, -0.25) is 19.2 Å². The van der Waals surface area contributed by atoms with Crippen LogP contribution in [-0.2, 0) is 20.9 Å². The van der Waals surface area contributed by atoms with Crippen molar-refractivity contribution in [2.24, 2.45) is 17.4 Å². The zero-order valence-corrected chi connectivity index (χ0v) is 21.3. The number of likely N-dealkylation sites (tertiary alicyclic amines) is 2. The molecule has 0 bridgehead atoms. The molecule has 2 aliphatic heterocycles. The topological polar surface area (TPSA) is 139 Å². The van der Waals surface area contributed by atoms with Crippen molar-refractivity contribution in [1.82, 2.24) is 15.1 Å². The molecule has 0 radical (unpaired) electrons. The largest absolute Gasteiger partial charge is 0.340 e. The number of nitrogens with zero attached hydrogens (tertiary/aromatic N) is 2. The molecule has 2 saturated heterocycles. The SMILES string of the molecule is CC(C)CC(NC(=O)c1cccc(CN)c1)C(=O)N1CCC2C1C(=O)CN2C(=O)C(N)c1ccccc1. The van der Waals surface area contributed by atoms with Crippen LogP contribution in [0, 0.1) is 5.92 Å². The number of hydrogen-bond donors (Lipinski definition) is 3. The average molecular weight is 506 g/mol. The Bertz CT molecular complexity index is 1170. The van der Waals surface area contributed by atoms with Crippen molar-refractivity contribution >= 4 is 23.5 Å². The van der Waals surface area contributed by atoms with Crippen LogP contribution in [0.3, 0.4) is 0 Å². The number of carbonyl (C=O) groups excluding carboxylic acids is 4. The number of rotatable bonds is 8. The van der Waals surface area contributed by atoms with Crippen molar-refractivity contribution in [2.45, 2.75) is 57.4 Å². The Morgan fingerprint density at radius 3 is 2.43 bits per heavy atom. The fourth-order valence-corrected chi connectivity index (χ4v) is 5.31. The lowest BCUT2D eigenvalue weighted by atomic mass is 10.0. The molecule has 2 fully saturated rings. The summed E-state index contributed by atoms with van der Waals surface area (Å²) in [6.45, 7) is 4.50. The first-order valence-electron chi connectivity index (χ1n) is 12.7. The quantitative estimate of drug-likeness (QED) is 0.495. The molecule has 2 aromatic carbocycles. The van der Waals surface area contributed by atoms with Crippen LogP contribution in [0.5, 0.6) is 0 Å². The molecule has 4 atom stereocenters. The Morgan fingerprint density at radius 1 is 1.03 bits per heavy atom. The van der Waals surface area contributed by atoms with E-state index < -0.39 is 24.2 Å². The van der Waals surface area contributed by atoms with Crippen LogP contribution in [-0.4, -0.2) is 64.5 Å². The number of ketones is 1. The molecule has 4 rings (SSSR count). The summed E-state index contributed by atoms with van der Waals surface area (Å²) in [5, 5.41) is 2.88. The lowest BCUT2D eigenvalue weighted by molar-refractivity contribution is -0.138. The minimum Gasteiger partial charge on any atom is -0.340 e. The van der Waals surface area contributed by atoms with Gasteiger partial charge in [-0.1, -0.05) is 56.3 Å². The molecule has 4 unspecified atom stereocenters. The summed E-state index contributed by atoms with van der Waals surface area (Å²) in [5.41, 5.74) is 13.9. The normalized spacial score (nSPS) is 20.6. The van der Waals surface area contributed by atoms with Gasteiger partial charge < -0.3 is 26.6 Å². The lowest BCUT2D eigenvalue weighted by Gasteiger charge is -2.29. The summed E-state index contributed by atoms with van der Waals surface area (Å²) in [5.74, 6) is -1.06. The van der Waals surface area contributed by atoms with Gasteiger partial charge in [-0.25, -0.2) is 0 Å². The van der Waals surface area contributed by atoms with E-state index in [4.69, 9.17) is 11.5 Å². The molecule has 0 spiro atoms. The van der Waals surface area contributed by atoms with E-state index in [2.05, 4.69) is 5.32 Å². The maximum atomic E-state index is 13.7. The minimum absolute atomic E-state index is 0.0778. The summed E-state index contributed by atoms with van der Waals surface area (Å²) in [7, 11) is 0. The first-order valence-corrected chi connectivity index (χ1v) is 12.7. The second kappa shape index (κ2) is 11.2. The number of fused-ring (bicyclic) bond motifs is 1. The Kier molecular flexibility index (Phi) is 8.04. The molecule has 9 heteroatoms. The number of carbonyl (C=O) groups is 4. The molecular weight excluding hydrogens is 470 g/mol. The average Bonchev–Trinajstić information content (AvgIpc) is 3.48. The van der Waals surface area contributed by atoms with Crippen LogP contribution in [0.25, 0.3) is 0 Å². The molecule has 2 heterocycles. The predicted molar refractivity (Wildman–Crippen MR) is 139 cm³/mol. The second-order valence-corrected chi connectivity index (χ2v) is 10.2. The Hall–Kier alpha value is -3.56. The third-order valence-electron chi connectivity index (χ3n) is 7.15. The van der Waals surface area contributed by atoms with Crippen molar-refractivity contribution < 1.29 is 19.2 Å². The number of hydrogen-bond acceptors (Lipinski definition) is 6. The van der Waals surface area contributed by atoms with Crippen LogP contribution in [0.15, 0.2) is 54.6 Å². The van der Waals surface area contributed by atoms with E-state index in [0.717, 1.165) is 5.56 Å². The summed E-state index contributed by atoms with van der Waals surface area (Å²) < 4.78 is 0. The molecule has 5 N–H and O–H groups in total. The summed E-state index contributed by atoms with van der Waals surface area (Å²) in [6, 6.07) is 13.2. The van der Waals surface area contributed by atoms with Gasteiger partial charge in [0.15, 0.2) is 5.78 Å². The van der Waals surface area contributed by atoms with Crippen molar-refractivity contribution in [3.8, 4) is 0 Å². The molecule has 0 aromatic heterocycles. The Morgan fingerprint density at radius 2 is 1.76 bits per heavy atom. The zero-order valence-electron chi connectivity index (χ0n) is 21.3. The first-order chi connectivity index (χ1) is 17.7. The fourth-order valence-electron chi connectivity index (χ4n) is 5.31. The standard InChI is InChI=1S/C28H35N5O4/c1-17(2)13-21(31-26(35)20-10-6-7-18(14-20)15-29)27(36)32-12-11-22-25(32)23(34)16-33(22)28(37)24(30)19-8-4-3-5-9-19/h3-10,14,17,21-22,24-25H,11-13,15-16,29-30H2,1-2H3,(H,31,35). The molecule has 196 valence electrons. The number of nitrogens with one attached hydrogen (secondary N) is 1. The van der Waals surface area contributed by atoms with Crippen LogP contribution in [0.2, 0.25) is 0 Å². The molecule has 3 amide bonds. The predicted octanol–water partition coefficient (Wildman–Crippen LogP) is 1.37. The van der Waals surface area contributed by atoms with Gasteiger partial charge in [0, 0.05) is 18.7 Å². The number of benzene rings is 2. The van der Waals surface area contributed by atoms with E-state index in [9.17, 15) is 19.2 Å². The van der Waals surface area contributed by atoms with E-state index in [1.54, 1.807) is 30.3 Å². The highest BCUT2D eigenvalue weighted by Crippen LogP contribution is 2.32. The Balaban J connectivity index is 1.50. The van der Waals surface area contributed by atoms with Crippen LogP contribution in [0.4, 0.5) is 0 Å². The van der Waals surface area contributed by atoms with Gasteiger partial charge in [-0.15, -0.1) is 0 Å². The smallest absolute Gasteiger partial charge is 0.251 e. The van der Waals surface area contributed by atoms with Gasteiger partial charge in [0.2, 0.25) is 11.8 Å². The molecule has 2 aliphatic rings. The van der Waals surface area contributed by atoms with E-state index in [-0.39, 0.29) is 36.0 Å². The maximum absolute atomic E-state index is 13.7. The zero-order chi connectivity index (χ0) is 26.7. The van der Waals surface area contributed by atoms with Crippen molar-refractivity contribution in [2.75, 3.05) is 13.1 Å². The van der Waals surface area contributed by atoms with Gasteiger partial charge in [-0.05, 0) is 42.0 Å². The minimum atomic E-state index is -0.880. The van der Waals surface area contributed by atoms with Crippen molar-refractivity contribution in [1.29, 1.82) is 0 Å². The summed E-state index contributed by atoms with van der Waals surface area (Å²) in [6.07, 6.45) is 0.904. The monoisotopic (exact) mass is 505 g/mol. The highest BCUT2D eigenvalue weighted by molar-refractivity contribution is 6.01. The van der Waals surface area contributed by atoms with E-state index >= 15 is 0 Å². The van der Waals surface area contributed by atoms with Crippen molar-refractivity contribution in [3.63, 3.8) is 0 Å². The van der Waals surface area contributed by atoms with Crippen molar-refractivity contribution in [3.05, 3.63) is 71.3 Å². The number of amides is 3. The van der Waals surface area contributed by atoms with Crippen LogP contribution < -0.4 is 16.8 Å². The lowest BCUT2D eigenvalue weighted by Crippen LogP contribution is -2.53. The third-order valence-corrected chi connectivity index (χ3v) is 7.15. The number of nitrogens with two attached hydrogens (primary N) is 2. The van der Waals surface area contributed by atoms with Gasteiger partial charge in [0.25, 0.3) is 5.91 Å². The third kappa shape index (κ3) is 5.57. The van der Waals surface area contributed by atoms with E-state index in [1.807, 2.05) is 38.1 Å². The fraction of sp³-hybridized carbons (Fsp3) is 0.429. The van der Waals surface area contributed by atoms with Crippen LogP contribution in [0.1, 0.15) is 54.2 Å². The highest BCUT2D eigenvalue weighted by atomic mass is 16.2. The summed E-state index contributed by atoms with van der Waals surface area (Å²) >= 11 is 0. The molecule has 2 aromatic rings. The van der Waals surface area contributed by atoms with Gasteiger partial charge in [0.1, 0.15) is 18.1 Å². The molecule has 37 heavy (non-hydrogen) atoms.